The van der Waals surface area contributed by atoms with Crippen LogP contribution in [0.3, 0.4) is 0 Å². The fraction of sp³-hybridized carbons (Fsp3) is 0.240. The van der Waals surface area contributed by atoms with Crippen molar-refractivity contribution in [3.63, 3.8) is 0 Å². The molecule has 2 N–H and O–H groups in total. The monoisotopic (exact) mass is 440 g/mol. The maximum absolute atomic E-state index is 9.49. The number of rotatable bonds is 5. The summed E-state index contributed by atoms with van der Waals surface area (Å²) < 4.78 is 7.43. The number of nitrogens with zero attached hydrogens (tertiary/aromatic N) is 5. The van der Waals surface area contributed by atoms with E-state index in [2.05, 4.69) is 50.5 Å². The van der Waals surface area contributed by atoms with Gasteiger partial charge in [-0.25, -0.2) is 9.97 Å². The molecule has 4 aromatic rings. The third-order valence-corrected chi connectivity index (χ3v) is 6.18. The second-order valence-corrected chi connectivity index (χ2v) is 8.20. The molecule has 0 atom stereocenters. The van der Waals surface area contributed by atoms with Crippen LogP contribution in [0.15, 0.2) is 66.0 Å². The van der Waals surface area contributed by atoms with Crippen molar-refractivity contribution in [3.8, 4) is 11.3 Å². The molecule has 0 saturated carbocycles. The standard InChI is InChI=1S/C25H24N6O2/c32-16-23-21-6-1-17(13-18(21)14-27-23)22-15-31-8-7-26-25(31)24(29-22)28-19-2-4-20(5-3-19)30-9-11-33-12-10-30/h1-8,13,15,32H,9-12,14,16H2,(H,28,29). The van der Waals surface area contributed by atoms with E-state index >= 15 is 0 Å². The van der Waals surface area contributed by atoms with E-state index in [0.29, 0.717) is 12.4 Å². The Bertz CT molecular complexity index is 1340. The van der Waals surface area contributed by atoms with E-state index in [9.17, 15) is 5.11 Å². The number of aliphatic imine (C=N–C) groups is 1. The van der Waals surface area contributed by atoms with Crippen molar-refractivity contribution in [2.24, 2.45) is 4.99 Å². The third-order valence-electron chi connectivity index (χ3n) is 6.18. The van der Waals surface area contributed by atoms with Gasteiger partial charge in [0.15, 0.2) is 11.5 Å². The molecule has 0 amide bonds. The summed E-state index contributed by atoms with van der Waals surface area (Å²) in [6, 6.07) is 14.5. The SMILES string of the molecule is OCC1=NCc2cc(-c3cn4ccnc4c(Nc4ccc(N5CCOCC5)cc4)n3)ccc21. The zero-order chi connectivity index (χ0) is 22.2. The lowest BCUT2D eigenvalue weighted by Gasteiger charge is -2.28. The van der Waals surface area contributed by atoms with E-state index in [0.717, 1.165) is 65.7 Å². The molecule has 8 heteroatoms. The number of aliphatic hydroxyl groups excluding tert-OH is 1. The number of hydrogen-bond acceptors (Lipinski definition) is 7. The smallest absolute Gasteiger partial charge is 0.180 e. The summed E-state index contributed by atoms with van der Waals surface area (Å²) in [6.07, 6.45) is 5.69. The van der Waals surface area contributed by atoms with Crippen LogP contribution in [-0.4, -0.2) is 58.1 Å². The van der Waals surface area contributed by atoms with Crippen molar-refractivity contribution in [1.82, 2.24) is 14.4 Å². The number of benzene rings is 2. The second kappa shape index (κ2) is 8.31. The van der Waals surface area contributed by atoms with Crippen molar-refractivity contribution < 1.29 is 9.84 Å². The molecule has 2 aromatic heterocycles. The average Bonchev–Trinajstić information content (AvgIpc) is 3.51. The summed E-state index contributed by atoms with van der Waals surface area (Å²) in [5.41, 5.74) is 7.63. The number of aromatic nitrogens is 3. The number of anilines is 3. The number of aliphatic hydroxyl groups is 1. The van der Waals surface area contributed by atoms with Gasteiger partial charge < -0.3 is 24.5 Å². The van der Waals surface area contributed by atoms with Crippen LogP contribution in [0.25, 0.3) is 16.9 Å². The molecule has 0 radical (unpaired) electrons. The molecule has 2 aliphatic heterocycles. The van der Waals surface area contributed by atoms with Crippen LogP contribution in [0.5, 0.6) is 0 Å². The Morgan fingerprint density at radius 3 is 2.73 bits per heavy atom. The van der Waals surface area contributed by atoms with Crippen LogP contribution in [0.4, 0.5) is 17.2 Å². The minimum Gasteiger partial charge on any atom is -0.390 e. The molecular formula is C25H24N6O2. The Kier molecular flexibility index (Phi) is 5.01. The number of nitrogens with one attached hydrogen (secondary N) is 1. The van der Waals surface area contributed by atoms with E-state index < -0.39 is 0 Å². The Morgan fingerprint density at radius 2 is 1.91 bits per heavy atom. The molecule has 0 spiro atoms. The van der Waals surface area contributed by atoms with Gasteiger partial charge in [0.05, 0.1) is 37.8 Å². The fourth-order valence-corrected chi connectivity index (χ4v) is 4.43. The molecule has 2 aliphatic rings. The van der Waals surface area contributed by atoms with Gasteiger partial charge in [0.1, 0.15) is 0 Å². The van der Waals surface area contributed by atoms with E-state index in [-0.39, 0.29) is 6.61 Å². The molecule has 0 unspecified atom stereocenters. The van der Waals surface area contributed by atoms with Crippen LogP contribution < -0.4 is 10.2 Å². The first-order chi connectivity index (χ1) is 16.3. The van der Waals surface area contributed by atoms with Crippen molar-refractivity contribution in [3.05, 3.63) is 72.2 Å². The summed E-state index contributed by atoms with van der Waals surface area (Å²) in [5, 5.41) is 12.9. The summed E-state index contributed by atoms with van der Waals surface area (Å²) in [7, 11) is 0. The largest absolute Gasteiger partial charge is 0.390 e. The lowest BCUT2D eigenvalue weighted by atomic mass is 10.0. The van der Waals surface area contributed by atoms with Gasteiger partial charge in [0.25, 0.3) is 0 Å². The van der Waals surface area contributed by atoms with Gasteiger partial charge in [-0.3, -0.25) is 4.99 Å². The predicted octanol–water partition coefficient (Wildman–Crippen LogP) is 3.27. The normalized spacial score (nSPS) is 15.5. The van der Waals surface area contributed by atoms with Gasteiger partial charge in [-0.2, -0.15) is 0 Å². The maximum Gasteiger partial charge on any atom is 0.180 e. The van der Waals surface area contributed by atoms with Crippen molar-refractivity contribution >= 4 is 28.6 Å². The number of fused-ring (bicyclic) bond motifs is 2. The maximum atomic E-state index is 9.49. The lowest BCUT2D eigenvalue weighted by molar-refractivity contribution is 0.122. The highest BCUT2D eigenvalue weighted by Crippen LogP contribution is 2.29. The van der Waals surface area contributed by atoms with Gasteiger partial charge in [-0.1, -0.05) is 12.1 Å². The van der Waals surface area contributed by atoms with Crippen molar-refractivity contribution in [2.45, 2.75) is 6.54 Å². The quantitative estimate of drug-likeness (QED) is 0.495. The molecule has 33 heavy (non-hydrogen) atoms. The van der Waals surface area contributed by atoms with Gasteiger partial charge in [-0.05, 0) is 35.9 Å². The first kappa shape index (κ1) is 19.9. The summed E-state index contributed by atoms with van der Waals surface area (Å²) >= 11 is 0. The first-order valence-corrected chi connectivity index (χ1v) is 11.1. The number of imidazole rings is 1. The first-order valence-electron chi connectivity index (χ1n) is 11.1. The van der Waals surface area contributed by atoms with Crippen LogP contribution in [0.1, 0.15) is 11.1 Å². The summed E-state index contributed by atoms with van der Waals surface area (Å²) in [5.74, 6) is 0.699. The summed E-state index contributed by atoms with van der Waals surface area (Å²) in [4.78, 5) is 16.1. The van der Waals surface area contributed by atoms with Crippen molar-refractivity contribution in [1.29, 1.82) is 0 Å². The van der Waals surface area contributed by atoms with Gasteiger partial charge in [-0.15, -0.1) is 0 Å². The molecule has 6 rings (SSSR count). The van der Waals surface area contributed by atoms with Crippen LogP contribution in [-0.2, 0) is 11.3 Å². The highest BCUT2D eigenvalue weighted by molar-refractivity contribution is 6.04. The molecule has 166 valence electrons. The molecule has 2 aromatic carbocycles. The fourth-order valence-electron chi connectivity index (χ4n) is 4.43. The van der Waals surface area contributed by atoms with Crippen LogP contribution in [0, 0.1) is 0 Å². The molecular weight excluding hydrogens is 416 g/mol. The predicted molar refractivity (Wildman–Crippen MR) is 129 cm³/mol. The number of ether oxygens (including phenoxy) is 1. The van der Waals surface area contributed by atoms with Gasteiger partial charge in [0.2, 0.25) is 0 Å². The van der Waals surface area contributed by atoms with Crippen LogP contribution in [0.2, 0.25) is 0 Å². The molecule has 8 nitrogen and oxygen atoms in total. The van der Waals surface area contributed by atoms with E-state index in [4.69, 9.17) is 9.72 Å². The van der Waals surface area contributed by atoms with Crippen molar-refractivity contribution in [2.75, 3.05) is 43.1 Å². The molecule has 0 bridgehead atoms. The van der Waals surface area contributed by atoms with E-state index in [1.54, 1.807) is 6.20 Å². The summed E-state index contributed by atoms with van der Waals surface area (Å²) in [6.45, 7) is 3.92. The zero-order valence-corrected chi connectivity index (χ0v) is 18.1. The molecule has 1 saturated heterocycles. The minimum absolute atomic E-state index is 0.0377. The average molecular weight is 441 g/mol. The highest BCUT2D eigenvalue weighted by atomic mass is 16.5. The highest BCUT2D eigenvalue weighted by Gasteiger charge is 2.17. The Labute approximate surface area is 191 Å². The van der Waals surface area contributed by atoms with Gasteiger partial charge >= 0.3 is 0 Å². The Hall–Kier alpha value is -3.75. The molecule has 1 fully saturated rings. The lowest BCUT2D eigenvalue weighted by Crippen LogP contribution is -2.36. The van der Waals surface area contributed by atoms with E-state index in [1.165, 1.54) is 5.69 Å². The molecule has 0 aliphatic carbocycles. The minimum atomic E-state index is -0.0377. The number of morpholine rings is 1. The number of hydrogen-bond donors (Lipinski definition) is 2. The second-order valence-electron chi connectivity index (χ2n) is 8.20. The van der Waals surface area contributed by atoms with Gasteiger partial charge in [0, 0.05) is 54.2 Å². The Morgan fingerprint density at radius 1 is 1.06 bits per heavy atom. The third kappa shape index (κ3) is 3.73. The Balaban J connectivity index is 1.31. The van der Waals surface area contributed by atoms with E-state index in [1.807, 2.05) is 28.9 Å². The molecule has 4 heterocycles. The topological polar surface area (TPSA) is 87.3 Å². The van der Waals surface area contributed by atoms with Crippen LogP contribution >= 0.6 is 0 Å². The zero-order valence-electron chi connectivity index (χ0n) is 18.1.